The van der Waals surface area contributed by atoms with Gasteiger partial charge in [0.15, 0.2) is 11.3 Å². The molecule has 3 N–H and O–H groups in total. The van der Waals surface area contributed by atoms with Gasteiger partial charge in [-0.25, -0.2) is 15.0 Å². The lowest BCUT2D eigenvalue weighted by molar-refractivity contribution is 0.0995. The number of hydrogen-bond acceptors (Lipinski definition) is 7. The molecule has 1 aliphatic rings. The first-order valence-electron chi connectivity index (χ1n) is 10.1. The van der Waals surface area contributed by atoms with Crippen LogP contribution in [0.25, 0.3) is 16.8 Å². The second-order valence-corrected chi connectivity index (χ2v) is 7.75. The highest BCUT2D eigenvalue weighted by molar-refractivity contribution is 5.90. The predicted molar refractivity (Wildman–Crippen MR) is 108 cm³/mol. The van der Waals surface area contributed by atoms with Crippen LogP contribution >= 0.6 is 0 Å². The number of aromatic amines is 1. The number of fused-ring (bicyclic) bond motifs is 3. The van der Waals surface area contributed by atoms with E-state index in [1.165, 1.54) is 12.4 Å². The molecule has 0 spiro atoms. The van der Waals surface area contributed by atoms with Crippen molar-refractivity contribution in [1.29, 1.82) is 0 Å². The number of hydrogen-bond donors (Lipinski definition) is 2. The summed E-state index contributed by atoms with van der Waals surface area (Å²) in [7, 11) is 0. The zero-order valence-corrected chi connectivity index (χ0v) is 16.5. The molecule has 0 radical (unpaired) electrons. The molecule has 5 rings (SSSR count). The van der Waals surface area contributed by atoms with Gasteiger partial charge in [-0.2, -0.15) is 0 Å². The second-order valence-electron chi connectivity index (χ2n) is 7.75. The molecule has 1 fully saturated rings. The largest absolute Gasteiger partial charge is 0.476 e. The third-order valence-corrected chi connectivity index (χ3v) is 5.96. The number of primary amides is 1. The number of nitrogens with two attached hydrogens (primary N) is 1. The van der Waals surface area contributed by atoms with E-state index in [1.54, 1.807) is 6.20 Å². The van der Waals surface area contributed by atoms with Crippen molar-refractivity contribution in [2.75, 3.05) is 6.61 Å². The third kappa shape index (κ3) is 3.14. The molecule has 0 aromatic carbocycles. The Bertz CT molecular complexity index is 1200. The molecule has 4 aromatic heterocycles. The van der Waals surface area contributed by atoms with E-state index in [4.69, 9.17) is 10.5 Å². The van der Waals surface area contributed by atoms with Gasteiger partial charge in [0.2, 0.25) is 5.88 Å². The Labute approximate surface area is 171 Å². The molecule has 10 heteroatoms. The number of nitrogens with zero attached hydrogens (tertiary/aromatic N) is 6. The van der Waals surface area contributed by atoms with Crippen LogP contribution in [0.5, 0.6) is 5.88 Å². The van der Waals surface area contributed by atoms with Gasteiger partial charge < -0.3 is 15.5 Å². The van der Waals surface area contributed by atoms with Gasteiger partial charge in [0.25, 0.3) is 5.91 Å². The monoisotopic (exact) mass is 406 g/mol. The predicted octanol–water partition coefficient (Wildman–Crippen LogP) is 2.09. The van der Waals surface area contributed by atoms with E-state index in [2.05, 4.69) is 41.5 Å². The van der Waals surface area contributed by atoms with Crippen molar-refractivity contribution < 1.29 is 9.53 Å². The summed E-state index contributed by atoms with van der Waals surface area (Å²) < 4.78 is 7.96. The SMILES string of the molecule is CC[C@@H]1C[C@H](COc2cnc(C(N)=O)cn2)C[C@@H]1c1nnc2cnc3[nH]ccc3n12. The fraction of sp³-hybridized carbons (Fsp3) is 0.400. The standard InChI is InChI=1S/C20H22N8O2/c1-2-12-5-11(10-30-17-9-23-14(7-24-17)18(21)29)6-13(12)20-27-26-16-8-25-19-15(28(16)20)3-4-22-19/h3-4,7-9,11-13,22H,2,5-6,10H2,1H3,(H2,21,29)/t11-,12+,13-/m0/s1. The van der Waals surface area contributed by atoms with Crippen molar-refractivity contribution >= 4 is 22.7 Å². The van der Waals surface area contributed by atoms with Gasteiger partial charge in [0.05, 0.1) is 30.7 Å². The van der Waals surface area contributed by atoms with Crippen molar-refractivity contribution in [2.24, 2.45) is 17.6 Å². The van der Waals surface area contributed by atoms with Crippen molar-refractivity contribution in [3.63, 3.8) is 0 Å². The summed E-state index contributed by atoms with van der Waals surface area (Å²) in [5, 5.41) is 8.89. The molecule has 1 amide bonds. The van der Waals surface area contributed by atoms with Crippen LogP contribution < -0.4 is 10.5 Å². The quantitative estimate of drug-likeness (QED) is 0.500. The Morgan fingerprint density at radius 1 is 1.23 bits per heavy atom. The van der Waals surface area contributed by atoms with Gasteiger partial charge in [0.1, 0.15) is 11.5 Å². The van der Waals surface area contributed by atoms with Crippen molar-refractivity contribution in [1.82, 2.24) is 34.5 Å². The van der Waals surface area contributed by atoms with Gasteiger partial charge >= 0.3 is 0 Å². The Kier molecular flexibility index (Phi) is 4.53. The first kappa shape index (κ1) is 18.5. The average molecular weight is 406 g/mol. The number of carbonyl (C=O) groups is 1. The summed E-state index contributed by atoms with van der Waals surface area (Å²) in [4.78, 5) is 26.8. The minimum Gasteiger partial charge on any atom is -0.476 e. The minimum absolute atomic E-state index is 0.124. The highest BCUT2D eigenvalue weighted by atomic mass is 16.5. The number of aromatic nitrogens is 7. The highest BCUT2D eigenvalue weighted by Gasteiger charge is 2.37. The summed E-state index contributed by atoms with van der Waals surface area (Å²) in [5.74, 6) is 1.93. The van der Waals surface area contributed by atoms with Crippen LogP contribution in [0.3, 0.4) is 0 Å². The van der Waals surface area contributed by atoms with Gasteiger partial charge in [-0.3, -0.25) is 9.20 Å². The molecular weight excluding hydrogens is 384 g/mol. The number of amides is 1. The van der Waals surface area contributed by atoms with E-state index in [1.807, 2.05) is 12.3 Å². The number of carbonyl (C=O) groups excluding carboxylic acids is 1. The molecule has 0 saturated heterocycles. The summed E-state index contributed by atoms with van der Waals surface area (Å²) >= 11 is 0. The molecule has 1 saturated carbocycles. The summed E-state index contributed by atoms with van der Waals surface area (Å²) in [6.45, 7) is 2.75. The fourth-order valence-corrected chi connectivity index (χ4v) is 4.50. The molecule has 10 nitrogen and oxygen atoms in total. The van der Waals surface area contributed by atoms with E-state index < -0.39 is 5.91 Å². The van der Waals surface area contributed by atoms with Crippen molar-refractivity contribution in [3.8, 4) is 5.88 Å². The zero-order valence-electron chi connectivity index (χ0n) is 16.5. The zero-order chi connectivity index (χ0) is 20.7. The lowest BCUT2D eigenvalue weighted by Gasteiger charge is -2.16. The van der Waals surface area contributed by atoms with Crippen LogP contribution in [0.2, 0.25) is 0 Å². The fourth-order valence-electron chi connectivity index (χ4n) is 4.50. The molecule has 154 valence electrons. The van der Waals surface area contributed by atoms with Crippen molar-refractivity contribution in [3.05, 3.63) is 42.4 Å². The summed E-state index contributed by atoms with van der Waals surface area (Å²) in [6.07, 6.45) is 9.47. The van der Waals surface area contributed by atoms with Crippen LogP contribution in [0.4, 0.5) is 0 Å². The topological polar surface area (TPSA) is 137 Å². The molecule has 4 aromatic rings. The van der Waals surface area contributed by atoms with Gasteiger partial charge in [-0.15, -0.1) is 10.2 Å². The van der Waals surface area contributed by atoms with Crippen molar-refractivity contribution in [2.45, 2.75) is 32.1 Å². The Balaban J connectivity index is 1.35. The van der Waals surface area contributed by atoms with E-state index in [-0.39, 0.29) is 5.69 Å². The normalized spacial score (nSPS) is 21.4. The molecule has 1 aliphatic carbocycles. The highest BCUT2D eigenvalue weighted by Crippen LogP contribution is 2.44. The molecule has 0 unspecified atom stereocenters. The van der Waals surface area contributed by atoms with Crippen LogP contribution in [-0.2, 0) is 0 Å². The van der Waals surface area contributed by atoms with Gasteiger partial charge in [0, 0.05) is 12.1 Å². The van der Waals surface area contributed by atoms with E-state index in [0.717, 1.165) is 41.9 Å². The van der Waals surface area contributed by atoms with Crippen LogP contribution in [0.1, 0.15) is 48.4 Å². The maximum atomic E-state index is 11.1. The van der Waals surface area contributed by atoms with E-state index in [9.17, 15) is 4.79 Å². The number of ether oxygens (including phenoxy) is 1. The van der Waals surface area contributed by atoms with Crippen LogP contribution in [0.15, 0.2) is 30.9 Å². The summed E-state index contributed by atoms with van der Waals surface area (Å²) in [6, 6.07) is 2.01. The lowest BCUT2D eigenvalue weighted by Crippen LogP contribution is -2.14. The Morgan fingerprint density at radius 2 is 2.13 bits per heavy atom. The third-order valence-electron chi connectivity index (χ3n) is 5.96. The van der Waals surface area contributed by atoms with E-state index in [0.29, 0.717) is 30.2 Å². The average Bonchev–Trinajstić information content (AvgIpc) is 3.48. The maximum absolute atomic E-state index is 11.1. The first-order chi connectivity index (χ1) is 14.6. The summed E-state index contributed by atoms with van der Waals surface area (Å²) in [5.41, 5.74) is 7.90. The first-order valence-corrected chi connectivity index (χ1v) is 10.1. The maximum Gasteiger partial charge on any atom is 0.268 e. The molecular formula is C20H22N8O2. The molecule has 4 heterocycles. The number of H-pyrrole nitrogens is 1. The van der Waals surface area contributed by atoms with Crippen LogP contribution in [0, 0.1) is 11.8 Å². The smallest absolute Gasteiger partial charge is 0.268 e. The van der Waals surface area contributed by atoms with Crippen LogP contribution in [-0.4, -0.2) is 47.0 Å². The van der Waals surface area contributed by atoms with Gasteiger partial charge in [-0.1, -0.05) is 13.3 Å². The molecule has 3 atom stereocenters. The Hall–Kier alpha value is -3.56. The molecule has 30 heavy (non-hydrogen) atoms. The lowest BCUT2D eigenvalue weighted by atomic mass is 9.93. The number of rotatable bonds is 6. The molecule has 0 bridgehead atoms. The minimum atomic E-state index is -0.606. The van der Waals surface area contributed by atoms with E-state index >= 15 is 0 Å². The number of nitrogens with one attached hydrogen (secondary N) is 1. The Morgan fingerprint density at radius 3 is 2.90 bits per heavy atom. The molecule has 0 aliphatic heterocycles. The van der Waals surface area contributed by atoms with Gasteiger partial charge in [-0.05, 0) is 30.7 Å². The second kappa shape index (κ2) is 7.36.